The van der Waals surface area contributed by atoms with Crippen LogP contribution in [0.3, 0.4) is 0 Å². The van der Waals surface area contributed by atoms with Gasteiger partial charge in [-0.05, 0) is 24.0 Å². The Morgan fingerprint density at radius 2 is 1.83 bits per heavy atom. The highest BCUT2D eigenvalue weighted by atomic mass is 16.6. The van der Waals surface area contributed by atoms with E-state index in [1.165, 1.54) is 0 Å². The molecule has 0 amide bonds. The van der Waals surface area contributed by atoms with Crippen LogP contribution in [0.2, 0.25) is 0 Å². The molecule has 0 aromatic heterocycles. The molecule has 1 aliphatic heterocycles. The fourth-order valence-corrected chi connectivity index (χ4v) is 1.99. The standard InChI is InChI=1S/C15H22O3/c1-9(2)12-6-15(18-8-11-7-17-11)13(10(3)4)5-14(12)16/h5-6,9-11,16H,7-8H2,1-4H3. The highest BCUT2D eigenvalue weighted by molar-refractivity contribution is 5.48. The SMILES string of the molecule is CC(C)c1cc(OCC2CO2)c(C(C)C)cc1O. The van der Waals surface area contributed by atoms with Crippen molar-refractivity contribution in [3.63, 3.8) is 0 Å². The zero-order chi connectivity index (χ0) is 13.3. The summed E-state index contributed by atoms with van der Waals surface area (Å²) in [6, 6.07) is 3.81. The van der Waals surface area contributed by atoms with E-state index in [0.717, 1.165) is 23.5 Å². The zero-order valence-electron chi connectivity index (χ0n) is 11.6. The molecular weight excluding hydrogens is 228 g/mol. The molecule has 1 aliphatic rings. The predicted octanol–water partition coefficient (Wildman–Crippen LogP) is 3.42. The van der Waals surface area contributed by atoms with E-state index in [9.17, 15) is 5.11 Å². The number of ether oxygens (including phenoxy) is 2. The predicted molar refractivity (Wildman–Crippen MR) is 71.5 cm³/mol. The third-order valence-electron chi connectivity index (χ3n) is 3.23. The van der Waals surface area contributed by atoms with Gasteiger partial charge >= 0.3 is 0 Å². The van der Waals surface area contributed by atoms with Gasteiger partial charge in [-0.15, -0.1) is 0 Å². The summed E-state index contributed by atoms with van der Waals surface area (Å²) in [5.74, 6) is 1.85. The molecule has 100 valence electrons. The largest absolute Gasteiger partial charge is 0.508 e. The van der Waals surface area contributed by atoms with Gasteiger partial charge in [0, 0.05) is 11.1 Å². The molecule has 1 fully saturated rings. The molecular formula is C15H22O3. The first-order valence-corrected chi connectivity index (χ1v) is 6.60. The van der Waals surface area contributed by atoms with Crippen LogP contribution in [0.15, 0.2) is 12.1 Å². The van der Waals surface area contributed by atoms with Gasteiger partial charge in [0.2, 0.25) is 0 Å². The molecule has 1 unspecified atom stereocenters. The monoisotopic (exact) mass is 250 g/mol. The number of phenols is 1. The molecule has 1 saturated heterocycles. The Hall–Kier alpha value is -1.22. The number of aromatic hydroxyl groups is 1. The summed E-state index contributed by atoms with van der Waals surface area (Å²) in [4.78, 5) is 0. The Bertz CT molecular complexity index is 420. The molecule has 3 heteroatoms. The molecule has 2 rings (SSSR count). The Labute approximate surface area is 109 Å². The fourth-order valence-electron chi connectivity index (χ4n) is 1.99. The lowest BCUT2D eigenvalue weighted by atomic mass is 9.95. The normalized spacial score (nSPS) is 18.4. The summed E-state index contributed by atoms with van der Waals surface area (Å²) in [5.41, 5.74) is 1.99. The minimum absolute atomic E-state index is 0.251. The van der Waals surface area contributed by atoms with Crippen LogP contribution in [0.25, 0.3) is 0 Å². The molecule has 1 atom stereocenters. The molecule has 0 radical (unpaired) electrons. The van der Waals surface area contributed by atoms with Crippen LogP contribution in [0, 0.1) is 0 Å². The van der Waals surface area contributed by atoms with E-state index < -0.39 is 0 Å². The summed E-state index contributed by atoms with van der Waals surface area (Å²) < 4.78 is 11.0. The molecule has 0 spiro atoms. The Balaban J connectivity index is 2.28. The average molecular weight is 250 g/mol. The average Bonchev–Trinajstić information content (AvgIpc) is 3.10. The third-order valence-corrected chi connectivity index (χ3v) is 3.23. The second-order valence-electron chi connectivity index (χ2n) is 5.52. The van der Waals surface area contributed by atoms with Crippen molar-refractivity contribution in [1.29, 1.82) is 0 Å². The maximum atomic E-state index is 10.0. The van der Waals surface area contributed by atoms with Crippen LogP contribution < -0.4 is 4.74 Å². The topological polar surface area (TPSA) is 42.0 Å². The van der Waals surface area contributed by atoms with Gasteiger partial charge in [-0.3, -0.25) is 0 Å². The van der Waals surface area contributed by atoms with E-state index in [2.05, 4.69) is 27.7 Å². The second kappa shape index (κ2) is 5.19. The van der Waals surface area contributed by atoms with Crippen molar-refractivity contribution in [1.82, 2.24) is 0 Å². The third kappa shape index (κ3) is 2.96. The molecule has 1 heterocycles. The highest BCUT2D eigenvalue weighted by Gasteiger charge is 2.24. The smallest absolute Gasteiger partial charge is 0.123 e. The van der Waals surface area contributed by atoms with Crippen molar-refractivity contribution in [3.05, 3.63) is 23.3 Å². The maximum absolute atomic E-state index is 10.0. The fraction of sp³-hybridized carbons (Fsp3) is 0.600. The van der Waals surface area contributed by atoms with Crippen LogP contribution in [0.1, 0.15) is 50.7 Å². The molecule has 0 aliphatic carbocycles. The Morgan fingerprint density at radius 1 is 1.22 bits per heavy atom. The van der Waals surface area contributed by atoms with E-state index in [-0.39, 0.29) is 12.0 Å². The minimum atomic E-state index is 0.251. The van der Waals surface area contributed by atoms with Gasteiger partial charge in [0.05, 0.1) is 6.61 Å². The molecule has 0 bridgehead atoms. The summed E-state index contributed by atoms with van der Waals surface area (Å²) in [7, 11) is 0. The van der Waals surface area contributed by atoms with Gasteiger partial charge in [-0.25, -0.2) is 0 Å². The van der Waals surface area contributed by atoms with Gasteiger partial charge < -0.3 is 14.6 Å². The highest BCUT2D eigenvalue weighted by Crippen LogP contribution is 2.36. The first kappa shape index (κ1) is 13.2. The van der Waals surface area contributed by atoms with E-state index in [1.54, 1.807) is 0 Å². The number of hydrogen-bond acceptors (Lipinski definition) is 3. The molecule has 1 aromatic rings. The van der Waals surface area contributed by atoms with E-state index in [1.807, 2.05) is 12.1 Å². The molecule has 1 aromatic carbocycles. The zero-order valence-corrected chi connectivity index (χ0v) is 11.6. The quantitative estimate of drug-likeness (QED) is 0.814. The van der Waals surface area contributed by atoms with Crippen LogP contribution in [0.4, 0.5) is 0 Å². The Kier molecular flexibility index (Phi) is 3.81. The Morgan fingerprint density at radius 3 is 2.33 bits per heavy atom. The lowest BCUT2D eigenvalue weighted by molar-refractivity contribution is 0.260. The number of hydrogen-bond donors (Lipinski definition) is 1. The summed E-state index contributed by atoms with van der Waals surface area (Å²) in [6.45, 7) is 9.73. The maximum Gasteiger partial charge on any atom is 0.123 e. The molecule has 18 heavy (non-hydrogen) atoms. The number of rotatable bonds is 5. The first-order valence-electron chi connectivity index (χ1n) is 6.60. The van der Waals surface area contributed by atoms with Crippen molar-refractivity contribution in [2.75, 3.05) is 13.2 Å². The summed E-state index contributed by atoms with van der Waals surface area (Å²) in [5, 5.41) is 10.0. The number of phenolic OH excluding ortho intramolecular Hbond substituents is 1. The van der Waals surface area contributed by atoms with Crippen molar-refractivity contribution in [3.8, 4) is 11.5 Å². The van der Waals surface area contributed by atoms with Crippen molar-refractivity contribution >= 4 is 0 Å². The minimum Gasteiger partial charge on any atom is -0.508 e. The van der Waals surface area contributed by atoms with Gasteiger partial charge in [0.15, 0.2) is 0 Å². The van der Waals surface area contributed by atoms with Gasteiger partial charge in [0.1, 0.15) is 24.2 Å². The number of epoxide rings is 1. The van der Waals surface area contributed by atoms with E-state index >= 15 is 0 Å². The first-order chi connectivity index (χ1) is 8.49. The molecule has 3 nitrogen and oxygen atoms in total. The lowest BCUT2D eigenvalue weighted by Gasteiger charge is -2.18. The van der Waals surface area contributed by atoms with Crippen LogP contribution >= 0.6 is 0 Å². The number of benzene rings is 1. The summed E-state index contributed by atoms with van der Waals surface area (Å²) >= 11 is 0. The molecule has 0 saturated carbocycles. The van der Waals surface area contributed by atoms with E-state index in [4.69, 9.17) is 9.47 Å². The van der Waals surface area contributed by atoms with Crippen molar-refractivity contribution in [2.45, 2.75) is 45.6 Å². The van der Waals surface area contributed by atoms with Gasteiger partial charge in [-0.1, -0.05) is 27.7 Å². The van der Waals surface area contributed by atoms with Crippen LogP contribution in [0.5, 0.6) is 11.5 Å². The van der Waals surface area contributed by atoms with Crippen molar-refractivity contribution in [2.24, 2.45) is 0 Å². The second-order valence-corrected chi connectivity index (χ2v) is 5.52. The molecule has 1 N–H and O–H groups in total. The van der Waals surface area contributed by atoms with Crippen LogP contribution in [-0.2, 0) is 4.74 Å². The lowest BCUT2D eigenvalue weighted by Crippen LogP contribution is -2.07. The van der Waals surface area contributed by atoms with Crippen molar-refractivity contribution < 1.29 is 14.6 Å². The van der Waals surface area contributed by atoms with Crippen LogP contribution in [-0.4, -0.2) is 24.4 Å². The summed E-state index contributed by atoms with van der Waals surface area (Å²) in [6.07, 6.45) is 0.251. The van der Waals surface area contributed by atoms with Gasteiger partial charge in [-0.2, -0.15) is 0 Å². The van der Waals surface area contributed by atoms with E-state index in [0.29, 0.717) is 18.3 Å². The van der Waals surface area contributed by atoms with Gasteiger partial charge in [0.25, 0.3) is 0 Å².